The van der Waals surface area contributed by atoms with Crippen molar-refractivity contribution in [1.82, 2.24) is 4.90 Å². The van der Waals surface area contributed by atoms with Gasteiger partial charge in [-0.05, 0) is 49.8 Å². The van der Waals surface area contributed by atoms with Gasteiger partial charge >= 0.3 is 0 Å². The number of fused-ring (bicyclic) bond motifs is 1. The Hall–Kier alpha value is -1.89. The maximum atomic E-state index is 13.1. The molecule has 7 heteroatoms. The summed E-state index contributed by atoms with van der Waals surface area (Å²) in [4.78, 5) is 16.9. The Kier molecular flexibility index (Phi) is 5.80. The first-order valence-electron chi connectivity index (χ1n) is 11.8. The first-order valence-corrected chi connectivity index (χ1v) is 11.8. The van der Waals surface area contributed by atoms with Gasteiger partial charge in [-0.1, -0.05) is 18.9 Å². The van der Waals surface area contributed by atoms with Crippen molar-refractivity contribution in [2.45, 2.75) is 50.9 Å². The van der Waals surface area contributed by atoms with Crippen molar-refractivity contribution in [2.24, 2.45) is 17.8 Å². The van der Waals surface area contributed by atoms with Crippen LogP contribution in [0.2, 0.25) is 0 Å². The number of piperazine rings is 1. The van der Waals surface area contributed by atoms with Crippen molar-refractivity contribution in [3.63, 3.8) is 0 Å². The molecule has 0 aromatic heterocycles. The zero-order valence-corrected chi connectivity index (χ0v) is 18.0. The van der Waals surface area contributed by atoms with Crippen LogP contribution < -0.4 is 14.4 Å². The largest absolute Gasteiger partial charge is 0.454 e. The number of nitrogens with zero attached hydrogens (tertiary/aromatic N) is 2. The van der Waals surface area contributed by atoms with Gasteiger partial charge in [0.1, 0.15) is 5.78 Å². The maximum Gasteiger partial charge on any atom is 0.258 e. The minimum Gasteiger partial charge on any atom is -0.454 e. The van der Waals surface area contributed by atoms with E-state index in [9.17, 15) is 13.6 Å². The highest BCUT2D eigenvalue weighted by atomic mass is 19.3. The standard InChI is InChI=1S/C24H32F2N2O3/c25-24(26)15-19(24)21(29)14-18-6-4-17(5-7-18)8-9-27-10-12-28(13-11-27)20-2-1-3-22-23(20)31-16-30-22/h1-3,17-19H,4-16H2. The molecule has 0 N–H and O–H groups in total. The van der Waals surface area contributed by atoms with E-state index in [1.165, 1.54) is 6.42 Å². The number of alkyl halides is 2. The van der Waals surface area contributed by atoms with E-state index in [4.69, 9.17) is 9.47 Å². The average Bonchev–Trinajstić information content (AvgIpc) is 3.18. The summed E-state index contributed by atoms with van der Waals surface area (Å²) >= 11 is 0. The summed E-state index contributed by atoms with van der Waals surface area (Å²) in [6.45, 7) is 5.48. The van der Waals surface area contributed by atoms with Gasteiger partial charge in [0.25, 0.3) is 5.92 Å². The van der Waals surface area contributed by atoms with E-state index in [0.29, 0.717) is 25.0 Å². The molecule has 31 heavy (non-hydrogen) atoms. The second-order valence-corrected chi connectivity index (χ2v) is 9.70. The fourth-order valence-electron chi connectivity index (χ4n) is 5.46. The van der Waals surface area contributed by atoms with Gasteiger partial charge in [-0.15, -0.1) is 0 Å². The summed E-state index contributed by atoms with van der Waals surface area (Å²) in [5.41, 5.74) is 1.13. The number of Topliss-reactive ketones (excluding diaryl/α,β-unsaturated/α-hetero) is 1. The van der Waals surface area contributed by atoms with Crippen molar-refractivity contribution in [3.8, 4) is 11.5 Å². The van der Waals surface area contributed by atoms with E-state index in [1.807, 2.05) is 12.1 Å². The lowest BCUT2D eigenvalue weighted by molar-refractivity contribution is -0.123. The lowest BCUT2D eigenvalue weighted by Crippen LogP contribution is -2.47. The zero-order valence-electron chi connectivity index (χ0n) is 18.0. The van der Waals surface area contributed by atoms with Crippen molar-refractivity contribution < 1.29 is 23.0 Å². The molecule has 170 valence electrons. The van der Waals surface area contributed by atoms with E-state index in [2.05, 4.69) is 15.9 Å². The smallest absolute Gasteiger partial charge is 0.258 e. The molecule has 1 saturated heterocycles. The number of rotatable bonds is 7. The van der Waals surface area contributed by atoms with Crippen molar-refractivity contribution in [1.29, 1.82) is 0 Å². The van der Waals surface area contributed by atoms with Gasteiger partial charge < -0.3 is 14.4 Å². The molecule has 1 unspecified atom stereocenters. The Morgan fingerprint density at radius 2 is 1.74 bits per heavy atom. The van der Waals surface area contributed by atoms with Gasteiger partial charge in [0.05, 0.1) is 11.6 Å². The third-order valence-electron chi connectivity index (χ3n) is 7.61. The molecule has 2 aliphatic carbocycles. The lowest BCUT2D eigenvalue weighted by atomic mass is 9.78. The van der Waals surface area contributed by atoms with Crippen LogP contribution in [0.3, 0.4) is 0 Å². The first-order chi connectivity index (χ1) is 15.0. The molecule has 4 aliphatic rings. The lowest BCUT2D eigenvalue weighted by Gasteiger charge is -2.37. The van der Waals surface area contributed by atoms with Crippen LogP contribution in [0.5, 0.6) is 11.5 Å². The van der Waals surface area contributed by atoms with Crippen molar-refractivity contribution in [2.75, 3.05) is 44.4 Å². The van der Waals surface area contributed by atoms with E-state index >= 15 is 0 Å². The number of carbonyl (C=O) groups excluding carboxylic acids is 1. The third-order valence-corrected chi connectivity index (χ3v) is 7.61. The fraction of sp³-hybridized carbons (Fsp3) is 0.708. The molecule has 0 radical (unpaired) electrons. The molecule has 1 aromatic carbocycles. The second-order valence-electron chi connectivity index (χ2n) is 9.70. The molecule has 3 fully saturated rings. The van der Waals surface area contributed by atoms with Crippen LogP contribution in [0.4, 0.5) is 14.5 Å². The van der Waals surface area contributed by atoms with Crippen LogP contribution in [0, 0.1) is 17.8 Å². The number of ketones is 1. The van der Waals surface area contributed by atoms with Gasteiger partial charge in [-0.25, -0.2) is 8.78 Å². The Labute approximate surface area is 182 Å². The number of anilines is 1. The summed E-state index contributed by atoms with van der Waals surface area (Å²) in [5.74, 6) is -1.15. The number of hydrogen-bond acceptors (Lipinski definition) is 5. The molecule has 1 aromatic rings. The van der Waals surface area contributed by atoms with Gasteiger partial charge in [-0.2, -0.15) is 0 Å². The Bertz CT molecular complexity index is 802. The highest BCUT2D eigenvalue weighted by Gasteiger charge is 2.60. The van der Waals surface area contributed by atoms with Gasteiger partial charge in [0.15, 0.2) is 11.5 Å². The average molecular weight is 435 g/mol. The van der Waals surface area contributed by atoms with Crippen LogP contribution in [0.25, 0.3) is 0 Å². The molecule has 0 bridgehead atoms. The van der Waals surface area contributed by atoms with Crippen LogP contribution in [-0.2, 0) is 4.79 Å². The summed E-state index contributed by atoms with van der Waals surface area (Å²) in [5, 5.41) is 0. The molecular formula is C24H32F2N2O3. The molecular weight excluding hydrogens is 402 g/mol. The number of halogens is 2. The molecule has 2 aliphatic heterocycles. The minimum absolute atomic E-state index is 0.202. The number of carbonyl (C=O) groups is 1. The van der Waals surface area contributed by atoms with Crippen LogP contribution in [0.15, 0.2) is 18.2 Å². The van der Waals surface area contributed by atoms with E-state index < -0.39 is 11.8 Å². The highest BCUT2D eigenvalue weighted by molar-refractivity contribution is 5.85. The second kappa shape index (κ2) is 8.57. The fourth-order valence-corrected chi connectivity index (χ4v) is 5.46. The maximum absolute atomic E-state index is 13.1. The van der Waals surface area contributed by atoms with E-state index in [1.54, 1.807) is 0 Å². The Morgan fingerprint density at radius 1 is 1.03 bits per heavy atom. The number of benzene rings is 1. The summed E-state index contributed by atoms with van der Waals surface area (Å²) in [7, 11) is 0. The van der Waals surface area contributed by atoms with Crippen LogP contribution >= 0.6 is 0 Å². The van der Waals surface area contributed by atoms with Crippen molar-refractivity contribution >= 4 is 11.5 Å². The quantitative estimate of drug-likeness (QED) is 0.638. The predicted molar refractivity (Wildman–Crippen MR) is 114 cm³/mol. The van der Waals surface area contributed by atoms with Crippen LogP contribution in [0.1, 0.15) is 44.9 Å². The molecule has 2 heterocycles. The zero-order chi connectivity index (χ0) is 21.4. The molecule has 2 saturated carbocycles. The SMILES string of the molecule is O=C(CC1CCC(CCN2CCN(c3cccc4c3OCO4)CC2)CC1)C1CC1(F)F. The van der Waals surface area contributed by atoms with Crippen molar-refractivity contribution in [3.05, 3.63) is 18.2 Å². The molecule has 0 spiro atoms. The van der Waals surface area contributed by atoms with Gasteiger partial charge in [-0.3, -0.25) is 9.69 Å². The van der Waals surface area contributed by atoms with E-state index in [-0.39, 0.29) is 12.2 Å². The number of para-hydroxylation sites is 1. The monoisotopic (exact) mass is 434 g/mol. The molecule has 5 nitrogen and oxygen atoms in total. The van der Waals surface area contributed by atoms with Gasteiger partial charge in [0, 0.05) is 39.0 Å². The predicted octanol–water partition coefficient (Wildman–Crippen LogP) is 4.35. The third kappa shape index (κ3) is 4.66. The topological polar surface area (TPSA) is 42.0 Å². The highest BCUT2D eigenvalue weighted by Crippen LogP contribution is 2.50. The molecule has 1 atom stereocenters. The molecule has 5 rings (SSSR count). The number of ether oxygens (including phenoxy) is 2. The minimum atomic E-state index is -2.71. The van der Waals surface area contributed by atoms with Gasteiger partial charge in [0.2, 0.25) is 6.79 Å². The summed E-state index contributed by atoms with van der Waals surface area (Å²) in [6.07, 6.45) is 5.64. The Balaban J connectivity index is 1.01. The normalized spacial score (nSPS) is 29.7. The number of hydrogen-bond donors (Lipinski definition) is 0. The summed E-state index contributed by atoms with van der Waals surface area (Å²) in [6, 6.07) is 6.08. The summed E-state index contributed by atoms with van der Waals surface area (Å²) < 4.78 is 37.3. The molecule has 0 amide bonds. The van der Waals surface area contributed by atoms with Crippen LogP contribution in [-0.4, -0.2) is 56.1 Å². The Morgan fingerprint density at radius 3 is 2.45 bits per heavy atom. The first kappa shape index (κ1) is 21.0. The van der Waals surface area contributed by atoms with E-state index in [0.717, 1.165) is 75.6 Å².